The Hall–Kier alpha value is -2.61. The van der Waals surface area contributed by atoms with Crippen LogP contribution in [-0.4, -0.2) is 57.3 Å². The molecule has 1 amide bonds. The molecule has 0 saturated carbocycles. The summed E-state index contributed by atoms with van der Waals surface area (Å²) in [5.74, 6) is 0. The number of carbonyl (C=O) groups excluding carboxylic acids is 1. The molecule has 0 radical (unpaired) electrons. The van der Waals surface area contributed by atoms with Crippen LogP contribution in [0.3, 0.4) is 0 Å². The average Bonchev–Trinajstić information content (AvgIpc) is 3.02. The van der Waals surface area contributed by atoms with Crippen molar-refractivity contribution in [3.05, 3.63) is 41.1 Å². The Balaban J connectivity index is 1.45. The molecule has 1 aromatic carbocycles. The van der Waals surface area contributed by atoms with Crippen molar-refractivity contribution < 1.29 is 9.53 Å². The molecule has 158 valence electrons. The Morgan fingerprint density at radius 3 is 2.40 bits per heavy atom. The van der Waals surface area contributed by atoms with Crippen LogP contribution in [0.1, 0.15) is 20.8 Å². The molecule has 0 atom stereocenters. The van der Waals surface area contributed by atoms with Crippen LogP contribution in [0.5, 0.6) is 0 Å². The van der Waals surface area contributed by atoms with E-state index in [4.69, 9.17) is 4.74 Å². The Bertz CT molecular complexity index is 1060. The van der Waals surface area contributed by atoms with Gasteiger partial charge in [0.15, 0.2) is 5.65 Å². The van der Waals surface area contributed by atoms with E-state index in [2.05, 4.69) is 65.7 Å². The predicted octanol–water partition coefficient (Wildman–Crippen LogP) is 4.45. The van der Waals surface area contributed by atoms with Crippen molar-refractivity contribution in [3.8, 4) is 11.3 Å². The molecule has 0 N–H and O–H groups in total. The first-order chi connectivity index (χ1) is 14.2. The van der Waals surface area contributed by atoms with Gasteiger partial charge < -0.3 is 19.1 Å². The molecule has 0 aliphatic carbocycles. The van der Waals surface area contributed by atoms with Gasteiger partial charge in [0.25, 0.3) is 0 Å². The fraction of sp³-hybridized carbons (Fsp3) is 0.409. The molecule has 3 aromatic rings. The fourth-order valence-electron chi connectivity index (χ4n) is 3.66. The maximum absolute atomic E-state index is 12.3. The summed E-state index contributed by atoms with van der Waals surface area (Å²) < 4.78 is 8.27. The Morgan fingerprint density at radius 2 is 1.77 bits per heavy atom. The summed E-state index contributed by atoms with van der Waals surface area (Å²) in [6.45, 7) is 8.57. The normalized spacial score (nSPS) is 15.0. The van der Waals surface area contributed by atoms with E-state index in [1.54, 1.807) is 11.1 Å². The molecule has 8 heteroatoms. The van der Waals surface area contributed by atoms with Crippen molar-refractivity contribution in [2.75, 3.05) is 31.1 Å². The van der Waals surface area contributed by atoms with Gasteiger partial charge in [-0.3, -0.25) is 0 Å². The second-order valence-corrected chi connectivity index (χ2v) is 9.30. The van der Waals surface area contributed by atoms with Crippen LogP contribution in [0.25, 0.3) is 22.4 Å². The van der Waals surface area contributed by atoms with Crippen molar-refractivity contribution in [1.29, 1.82) is 0 Å². The van der Waals surface area contributed by atoms with Crippen LogP contribution < -0.4 is 4.90 Å². The van der Waals surface area contributed by atoms with Gasteiger partial charge in [0.05, 0.1) is 11.9 Å². The van der Waals surface area contributed by atoms with E-state index >= 15 is 0 Å². The monoisotopic (exact) mass is 471 g/mol. The first-order valence-corrected chi connectivity index (χ1v) is 10.8. The molecule has 0 unspecified atom stereocenters. The number of hydrogen-bond donors (Lipinski definition) is 0. The van der Waals surface area contributed by atoms with Crippen molar-refractivity contribution in [3.63, 3.8) is 0 Å². The summed E-state index contributed by atoms with van der Waals surface area (Å²) in [7, 11) is 2.00. The summed E-state index contributed by atoms with van der Waals surface area (Å²) in [4.78, 5) is 25.3. The second kappa shape index (κ2) is 7.91. The smallest absolute Gasteiger partial charge is 0.410 e. The number of halogens is 1. The van der Waals surface area contributed by atoms with Crippen molar-refractivity contribution >= 4 is 38.9 Å². The van der Waals surface area contributed by atoms with E-state index < -0.39 is 5.60 Å². The van der Waals surface area contributed by atoms with Crippen molar-refractivity contribution in [2.24, 2.45) is 7.05 Å². The second-order valence-electron chi connectivity index (χ2n) is 8.49. The predicted molar refractivity (Wildman–Crippen MR) is 122 cm³/mol. The number of aryl methyl sites for hydroxylation is 1. The van der Waals surface area contributed by atoms with E-state index in [-0.39, 0.29) is 6.09 Å². The molecule has 3 heterocycles. The lowest BCUT2D eigenvalue weighted by Gasteiger charge is -2.36. The molecule has 1 fully saturated rings. The molecule has 0 bridgehead atoms. The minimum atomic E-state index is -0.465. The van der Waals surface area contributed by atoms with Gasteiger partial charge in [-0.1, -0.05) is 12.1 Å². The Labute approximate surface area is 184 Å². The van der Waals surface area contributed by atoms with Gasteiger partial charge in [-0.05, 0) is 60.5 Å². The number of anilines is 1. The summed E-state index contributed by atoms with van der Waals surface area (Å²) in [5, 5.41) is 0. The number of fused-ring (bicyclic) bond motifs is 1. The highest BCUT2D eigenvalue weighted by Gasteiger charge is 2.26. The number of hydrogen-bond acceptors (Lipinski definition) is 5. The molecule has 30 heavy (non-hydrogen) atoms. The van der Waals surface area contributed by atoms with E-state index in [1.807, 2.05) is 27.8 Å². The van der Waals surface area contributed by atoms with Gasteiger partial charge in [0, 0.05) is 38.9 Å². The summed E-state index contributed by atoms with van der Waals surface area (Å²) in [5.41, 5.74) is 4.60. The zero-order valence-electron chi connectivity index (χ0n) is 17.7. The highest BCUT2D eigenvalue weighted by atomic mass is 79.9. The lowest BCUT2D eigenvalue weighted by molar-refractivity contribution is 0.0240. The van der Waals surface area contributed by atoms with Crippen LogP contribution >= 0.6 is 15.9 Å². The molecule has 1 aliphatic rings. The molecular weight excluding hydrogens is 446 g/mol. The Kier molecular flexibility index (Phi) is 5.44. The van der Waals surface area contributed by atoms with Crippen LogP contribution in [0.15, 0.2) is 41.1 Å². The minimum absolute atomic E-state index is 0.234. The quantitative estimate of drug-likeness (QED) is 0.552. The number of rotatable bonds is 2. The minimum Gasteiger partial charge on any atom is -0.444 e. The number of carbonyl (C=O) groups is 1. The van der Waals surface area contributed by atoms with E-state index in [1.165, 1.54) is 0 Å². The zero-order chi connectivity index (χ0) is 21.5. The molecule has 2 aromatic heterocycles. The van der Waals surface area contributed by atoms with Gasteiger partial charge in [-0.25, -0.2) is 14.8 Å². The number of aromatic nitrogens is 3. The topological polar surface area (TPSA) is 63.5 Å². The molecule has 1 saturated heterocycles. The number of amides is 1. The Morgan fingerprint density at radius 1 is 1.10 bits per heavy atom. The van der Waals surface area contributed by atoms with Gasteiger partial charge in [0.2, 0.25) is 0 Å². The highest BCUT2D eigenvalue weighted by molar-refractivity contribution is 9.10. The summed E-state index contributed by atoms with van der Waals surface area (Å²) in [6.07, 6.45) is 1.48. The van der Waals surface area contributed by atoms with Gasteiger partial charge in [0.1, 0.15) is 15.7 Å². The molecule has 1 aliphatic heterocycles. The number of benzene rings is 1. The van der Waals surface area contributed by atoms with Crippen molar-refractivity contribution in [1.82, 2.24) is 19.4 Å². The number of nitrogens with zero attached hydrogens (tertiary/aromatic N) is 5. The first-order valence-electron chi connectivity index (χ1n) is 10.0. The largest absolute Gasteiger partial charge is 0.444 e. The zero-order valence-corrected chi connectivity index (χ0v) is 19.3. The third-order valence-corrected chi connectivity index (χ3v) is 5.54. The van der Waals surface area contributed by atoms with E-state index in [0.29, 0.717) is 13.1 Å². The van der Waals surface area contributed by atoms with E-state index in [0.717, 1.165) is 45.8 Å². The fourth-order valence-corrected chi connectivity index (χ4v) is 3.96. The van der Waals surface area contributed by atoms with Crippen LogP contribution in [0.2, 0.25) is 0 Å². The first kappa shape index (κ1) is 20.7. The third kappa shape index (κ3) is 4.28. The maximum Gasteiger partial charge on any atom is 0.410 e. The summed E-state index contributed by atoms with van der Waals surface area (Å²) in [6, 6.07) is 10.6. The van der Waals surface area contributed by atoms with Gasteiger partial charge in [-0.2, -0.15) is 0 Å². The van der Waals surface area contributed by atoms with Crippen LogP contribution in [0.4, 0.5) is 10.5 Å². The summed E-state index contributed by atoms with van der Waals surface area (Å²) >= 11 is 3.38. The van der Waals surface area contributed by atoms with Gasteiger partial charge >= 0.3 is 6.09 Å². The average molecular weight is 472 g/mol. The standard InChI is InChI=1S/C22H26BrN5O2/c1-22(2,3)30-21(29)28-11-9-27(10-12-28)16-7-5-15(6-8-16)18-13-17-20(26(18)4)24-14-19(23)25-17/h5-8,13-14H,9-12H2,1-4H3. The number of ether oxygens (including phenoxy) is 1. The van der Waals surface area contributed by atoms with E-state index in [9.17, 15) is 4.79 Å². The molecule has 0 spiro atoms. The molecular formula is C22H26BrN5O2. The van der Waals surface area contributed by atoms with Crippen LogP contribution in [-0.2, 0) is 11.8 Å². The van der Waals surface area contributed by atoms with Crippen molar-refractivity contribution in [2.45, 2.75) is 26.4 Å². The lowest BCUT2D eigenvalue weighted by atomic mass is 10.1. The SMILES string of the molecule is Cn1c(-c2ccc(N3CCN(C(=O)OC(C)(C)C)CC3)cc2)cc2nc(Br)cnc21. The molecule has 7 nitrogen and oxygen atoms in total. The third-order valence-electron chi connectivity index (χ3n) is 5.16. The van der Waals surface area contributed by atoms with Gasteiger partial charge in [-0.15, -0.1) is 0 Å². The lowest BCUT2D eigenvalue weighted by Crippen LogP contribution is -2.50. The maximum atomic E-state index is 12.3. The molecule has 4 rings (SSSR count). The van der Waals surface area contributed by atoms with Crippen LogP contribution in [0, 0.1) is 0 Å². The highest BCUT2D eigenvalue weighted by Crippen LogP contribution is 2.28. The number of piperazine rings is 1.